The lowest BCUT2D eigenvalue weighted by atomic mass is 10.2. The minimum absolute atomic E-state index is 0.394. The second-order valence-electron chi connectivity index (χ2n) is 4.87. The van der Waals surface area contributed by atoms with Crippen molar-refractivity contribution in [1.82, 2.24) is 15.2 Å². The lowest BCUT2D eigenvalue weighted by Gasteiger charge is -2.19. The number of aromatic amines is 1. The molecule has 3 aromatic rings. The molecular formula is C16H16N6. The van der Waals surface area contributed by atoms with Crippen molar-refractivity contribution in [2.45, 2.75) is 6.54 Å². The summed E-state index contributed by atoms with van der Waals surface area (Å²) in [5.74, 6) is 0.394. The summed E-state index contributed by atoms with van der Waals surface area (Å²) >= 11 is 0. The molecule has 0 saturated carbocycles. The molecule has 0 fully saturated rings. The molecule has 0 aliphatic carbocycles. The third-order valence-corrected chi connectivity index (χ3v) is 3.22. The van der Waals surface area contributed by atoms with Gasteiger partial charge < -0.3 is 4.90 Å². The predicted molar refractivity (Wildman–Crippen MR) is 85.5 cm³/mol. The zero-order valence-corrected chi connectivity index (χ0v) is 12.2. The molecule has 0 spiro atoms. The molecular weight excluding hydrogens is 276 g/mol. The molecule has 1 N–H and O–H groups in total. The van der Waals surface area contributed by atoms with E-state index in [0.717, 1.165) is 17.9 Å². The van der Waals surface area contributed by atoms with E-state index in [4.69, 9.17) is 0 Å². The zero-order valence-electron chi connectivity index (χ0n) is 12.2. The molecule has 3 rings (SSSR count). The van der Waals surface area contributed by atoms with E-state index in [9.17, 15) is 0 Å². The third-order valence-electron chi connectivity index (χ3n) is 3.22. The summed E-state index contributed by atoms with van der Waals surface area (Å²) in [5.41, 5.74) is 3.18. The van der Waals surface area contributed by atoms with Gasteiger partial charge >= 0.3 is 0 Å². The topological polar surface area (TPSA) is 69.5 Å². The molecule has 0 bridgehead atoms. The highest BCUT2D eigenvalue weighted by Crippen LogP contribution is 2.21. The lowest BCUT2D eigenvalue weighted by molar-refractivity contribution is 0.923. The van der Waals surface area contributed by atoms with E-state index in [-0.39, 0.29) is 0 Å². The first-order valence-electron chi connectivity index (χ1n) is 6.93. The first-order valence-corrected chi connectivity index (χ1v) is 6.93. The molecule has 0 aliphatic rings. The van der Waals surface area contributed by atoms with Crippen LogP contribution in [0.25, 0.3) is 0 Å². The summed E-state index contributed by atoms with van der Waals surface area (Å²) in [6.45, 7) is 0.861. The fourth-order valence-corrected chi connectivity index (χ4v) is 2.07. The van der Waals surface area contributed by atoms with Gasteiger partial charge in [-0.1, -0.05) is 30.3 Å². The van der Waals surface area contributed by atoms with Crippen molar-refractivity contribution < 1.29 is 0 Å². The molecule has 1 aromatic heterocycles. The van der Waals surface area contributed by atoms with Gasteiger partial charge in [0.15, 0.2) is 0 Å². The smallest absolute Gasteiger partial charge is 0.264 e. The Bertz CT molecular complexity index is 719. The molecule has 0 aliphatic heterocycles. The number of hydrogen-bond acceptors (Lipinski definition) is 5. The van der Waals surface area contributed by atoms with Crippen molar-refractivity contribution in [1.29, 1.82) is 0 Å². The van der Waals surface area contributed by atoms with E-state index < -0.39 is 0 Å². The van der Waals surface area contributed by atoms with Gasteiger partial charge in [-0.2, -0.15) is 10.1 Å². The van der Waals surface area contributed by atoms with Crippen molar-refractivity contribution in [3.8, 4) is 0 Å². The fraction of sp³-hybridized carbons (Fsp3) is 0.125. The van der Waals surface area contributed by atoms with E-state index in [1.165, 1.54) is 11.9 Å². The SMILES string of the molecule is CN(Cc1ccccc1)c1ccc(N=Nc2ncn[nH]2)cc1. The monoisotopic (exact) mass is 292 g/mol. The second kappa shape index (κ2) is 6.62. The highest BCUT2D eigenvalue weighted by molar-refractivity contribution is 5.52. The molecule has 0 saturated heterocycles. The van der Waals surface area contributed by atoms with Crippen molar-refractivity contribution in [2.75, 3.05) is 11.9 Å². The highest BCUT2D eigenvalue weighted by Gasteiger charge is 2.02. The molecule has 0 unspecified atom stereocenters. The zero-order chi connectivity index (χ0) is 15.2. The number of anilines is 1. The lowest BCUT2D eigenvalue weighted by Crippen LogP contribution is -2.15. The summed E-state index contributed by atoms with van der Waals surface area (Å²) in [7, 11) is 2.07. The number of nitrogens with zero attached hydrogens (tertiary/aromatic N) is 5. The number of benzene rings is 2. The average molecular weight is 292 g/mol. The number of aromatic nitrogens is 3. The van der Waals surface area contributed by atoms with Gasteiger partial charge in [0.2, 0.25) is 0 Å². The quantitative estimate of drug-likeness (QED) is 0.726. The van der Waals surface area contributed by atoms with Crippen molar-refractivity contribution in [3.63, 3.8) is 0 Å². The first-order chi connectivity index (χ1) is 10.8. The van der Waals surface area contributed by atoms with Gasteiger partial charge in [-0.15, -0.1) is 10.2 Å². The van der Waals surface area contributed by atoms with Crippen LogP contribution in [-0.2, 0) is 6.54 Å². The van der Waals surface area contributed by atoms with Gasteiger partial charge in [0, 0.05) is 19.3 Å². The molecule has 0 amide bonds. The van der Waals surface area contributed by atoms with E-state index >= 15 is 0 Å². The third kappa shape index (κ3) is 3.54. The first kappa shape index (κ1) is 13.9. The normalized spacial score (nSPS) is 11.0. The van der Waals surface area contributed by atoms with Crippen LogP contribution in [0.5, 0.6) is 0 Å². The maximum Gasteiger partial charge on any atom is 0.264 e. The number of azo groups is 1. The van der Waals surface area contributed by atoms with Crippen LogP contribution in [0.4, 0.5) is 17.3 Å². The van der Waals surface area contributed by atoms with Gasteiger partial charge in [-0.3, -0.25) is 0 Å². The van der Waals surface area contributed by atoms with Gasteiger partial charge in [0.1, 0.15) is 6.33 Å². The Labute approximate surface area is 128 Å². The summed E-state index contributed by atoms with van der Waals surface area (Å²) < 4.78 is 0. The van der Waals surface area contributed by atoms with Crippen LogP contribution in [0.3, 0.4) is 0 Å². The summed E-state index contributed by atoms with van der Waals surface area (Å²) in [5, 5.41) is 14.4. The molecule has 1 heterocycles. The van der Waals surface area contributed by atoms with Crippen LogP contribution >= 0.6 is 0 Å². The van der Waals surface area contributed by atoms with Gasteiger partial charge in [0.25, 0.3) is 5.95 Å². The Balaban J connectivity index is 1.66. The van der Waals surface area contributed by atoms with Crippen LogP contribution in [0.2, 0.25) is 0 Å². The predicted octanol–water partition coefficient (Wildman–Crippen LogP) is 3.86. The number of hydrogen-bond donors (Lipinski definition) is 1. The molecule has 6 nitrogen and oxygen atoms in total. The van der Waals surface area contributed by atoms with E-state index in [2.05, 4.69) is 61.6 Å². The minimum Gasteiger partial charge on any atom is -0.370 e. The van der Waals surface area contributed by atoms with Crippen LogP contribution in [0.1, 0.15) is 5.56 Å². The molecule has 6 heteroatoms. The molecule has 0 atom stereocenters. The highest BCUT2D eigenvalue weighted by atomic mass is 15.3. The van der Waals surface area contributed by atoms with E-state index in [1.54, 1.807) is 0 Å². The molecule has 110 valence electrons. The summed E-state index contributed by atoms with van der Waals surface area (Å²) in [6, 6.07) is 18.3. The maximum absolute atomic E-state index is 4.11. The van der Waals surface area contributed by atoms with Gasteiger partial charge in [0.05, 0.1) is 5.69 Å². The van der Waals surface area contributed by atoms with E-state index in [1.807, 2.05) is 30.3 Å². The number of rotatable bonds is 5. The Kier molecular flexibility index (Phi) is 4.20. The Morgan fingerprint density at radius 1 is 1.00 bits per heavy atom. The maximum atomic E-state index is 4.11. The van der Waals surface area contributed by atoms with Crippen molar-refractivity contribution in [2.24, 2.45) is 10.2 Å². The number of nitrogens with one attached hydrogen (secondary N) is 1. The Morgan fingerprint density at radius 2 is 1.77 bits per heavy atom. The minimum atomic E-state index is 0.394. The molecule has 22 heavy (non-hydrogen) atoms. The average Bonchev–Trinajstić information content (AvgIpc) is 3.08. The van der Waals surface area contributed by atoms with Gasteiger partial charge in [-0.05, 0) is 29.8 Å². The van der Waals surface area contributed by atoms with Crippen LogP contribution in [0, 0.1) is 0 Å². The van der Waals surface area contributed by atoms with Gasteiger partial charge in [-0.25, -0.2) is 5.10 Å². The van der Waals surface area contributed by atoms with E-state index in [0.29, 0.717) is 5.95 Å². The molecule has 0 radical (unpaired) electrons. The Hall–Kier alpha value is -3.02. The summed E-state index contributed by atoms with van der Waals surface area (Å²) in [4.78, 5) is 6.08. The van der Waals surface area contributed by atoms with Crippen LogP contribution < -0.4 is 4.90 Å². The molecule has 2 aromatic carbocycles. The van der Waals surface area contributed by atoms with Crippen LogP contribution in [-0.4, -0.2) is 22.2 Å². The standard InChI is InChI=1S/C16H16N6/c1-22(11-13-5-3-2-4-6-13)15-9-7-14(8-10-15)19-21-16-17-12-18-20-16/h2-10,12H,11H2,1H3,(H,17,18,20). The van der Waals surface area contributed by atoms with Crippen molar-refractivity contribution >= 4 is 17.3 Å². The summed E-state index contributed by atoms with van der Waals surface area (Å²) in [6.07, 6.45) is 1.40. The second-order valence-corrected chi connectivity index (χ2v) is 4.87. The Morgan fingerprint density at radius 3 is 2.45 bits per heavy atom. The van der Waals surface area contributed by atoms with Crippen LogP contribution in [0.15, 0.2) is 71.2 Å². The largest absolute Gasteiger partial charge is 0.370 e. The number of H-pyrrole nitrogens is 1. The fourth-order valence-electron chi connectivity index (χ4n) is 2.07. The van der Waals surface area contributed by atoms with Crippen molar-refractivity contribution in [3.05, 3.63) is 66.5 Å².